The largest absolute Gasteiger partial charge is 0.478 e. The first kappa shape index (κ1) is 14.9. The number of carboxylic acids is 1. The normalized spacial score (nSPS) is 16.6. The third-order valence-corrected chi connectivity index (χ3v) is 3.63. The zero-order chi connectivity index (χ0) is 14.5. The second kappa shape index (κ2) is 6.81. The molecule has 4 nitrogen and oxygen atoms in total. The summed E-state index contributed by atoms with van der Waals surface area (Å²) in [5.74, 6) is -1.28. The average molecular weight is 281 g/mol. The number of ether oxygens (including phenoxy) is 1. The second-order valence-corrected chi connectivity index (χ2v) is 5.37. The summed E-state index contributed by atoms with van der Waals surface area (Å²) in [6.07, 6.45) is 2.13. The van der Waals surface area contributed by atoms with Crippen molar-refractivity contribution in [1.29, 1.82) is 0 Å². The molecule has 0 saturated carbocycles. The van der Waals surface area contributed by atoms with E-state index in [1.54, 1.807) is 6.07 Å². The topological polar surface area (TPSA) is 49.8 Å². The quantitative estimate of drug-likeness (QED) is 0.900. The van der Waals surface area contributed by atoms with Gasteiger partial charge in [-0.3, -0.25) is 0 Å². The van der Waals surface area contributed by atoms with Gasteiger partial charge < -0.3 is 14.7 Å². The Kier molecular flexibility index (Phi) is 5.09. The Bertz CT molecular complexity index is 472. The number of nitrogens with zero attached hydrogens (tertiary/aromatic N) is 1. The van der Waals surface area contributed by atoms with Gasteiger partial charge in [0.1, 0.15) is 5.82 Å². The summed E-state index contributed by atoms with van der Waals surface area (Å²) >= 11 is 0. The smallest absolute Gasteiger partial charge is 0.338 e. The number of benzene rings is 1. The Morgan fingerprint density at radius 3 is 2.75 bits per heavy atom. The summed E-state index contributed by atoms with van der Waals surface area (Å²) in [7, 11) is 2.00. The predicted octanol–water partition coefficient (Wildman–Crippen LogP) is 2.38. The Labute approximate surface area is 118 Å². The Morgan fingerprint density at radius 1 is 1.45 bits per heavy atom. The van der Waals surface area contributed by atoms with Crippen LogP contribution >= 0.6 is 0 Å². The maximum absolute atomic E-state index is 13.6. The first-order chi connectivity index (χ1) is 9.56. The number of hydrogen-bond donors (Lipinski definition) is 1. The average Bonchev–Trinajstić information content (AvgIpc) is 2.39. The van der Waals surface area contributed by atoms with Crippen LogP contribution in [0.15, 0.2) is 18.2 Å². The molecule has 0 radical (unpaired) electrons. The minimum Gasteiger partial charge on any atom is -0.478 e. The molecule has 0 spiro atoms. The van der Waals surface area contributed by atoms with Crippen LogP contribution in [-0.2, 0) is 11.3 Å². The van der Waals surface area contributed by atoms with E-state index in [4.69, 9.17) is 9.84 Å². The lowest BCUT2D eigenvalue weighted by atomic mass is 9.99. The van der Waals surface area contributed by atoms with Gasteiger partial charge in [-0.15, -0.1) is 0 Å². The number of hydrogen-bond acceptors (Lipinski definition) is 3. The van der Waals surface area contributed by atoms with Gasteiger partial charge in [0.25, 0.3) is 0 Å². The van der Waals surface area contributed by atoms with Crippen LogP contribution in [0.2, 0.25) is 0 Å². The van der Waals surface area contributed by atoms with Gasteiger partial charge in [-0.1, -0.05) is 6.07 Å². The molecule has 1 heterocycles. The molecular weight excluding hydrogens is 261 g/mol. The molecule has 5 heteroatoms. The van der Waals surface area contributed by atoms with Crippen molar-refractivity contribution in [2.45, 2.75) is 19.4 Å². The van der Waals surface area contributed by atoms with Gasteiger partial charge in [0.2, 0.25) is 0 Å². The van der Waals surface area contributed by atoms with Gasteiger partial charge in [0.15, 0.2) is 0 Å². The number of aromatic carboxylic acids is 1. The summed E-state index contributed by atoms with van der Waals surface area (Å²) in [6.45, 7) is 3.21. The van der Waals surface area contributed by atoms with Crippen molar-refractivity contribution in [2.24, 2.45) is 5.92 Å². The molecule has 110 valence electrons. The molecule has 1 fully saturated rings. The van der Waals surface area contributed by atoms with Crippen molar-refractivity contribution in [1.82, 2.24) is 4.90 Å². The van der Waals surface area contributed by atoms with Gasteiger partial charge in [-0.05, 0) is 43.5 Å². The number of carboxylic acid groups (broad SMARTS) is 1. The van der Waals surface area contributed by atoms with Crippen molar-refractivity contribution in [3.05, 3.63) is 35.1 Å². The Balaban J connectivity index is 1.92. The lowest BCUT2D eigenvalue weighted by Crippen LogP contribution is -2.29. The Morgan fingerprint density at radius 2 is 2.15 bits per heavy atom. The van der Waals surface area contributed by atoms with E-state index >= 15 is 0 Å². The van der Waals surface area contributed by atoms with Crippen LogP contribution in [-0.4, -0.2) is 42.8 Å². The Hall–Kier alpha value is -1.46. The molecule has 1 N–H and O–H groups in total. The second-order valence-electron chi connectivity index (χ2n) is 5.37. The number of halogens is 1. The van der Waals surface area contributed by atoms with E-state index in [9.17, 15) is 9.18 Å². The third kappa shape index (κ3) is 4.02. The van der Waals surface area contributed by atoms with Gasteiger partial charge in [0, 0.05) is 26.3 Å². The molecular formula is C15H20FNO3. The summed E-state index contributed by atoms with van der Waals surface area (Å²) in [6, 6.07) is 4.31. The van der Waals surface area contributed by atoms with E-state index in [1.807, 2.05) is 7.05 Å². The molecule has 0 bridgehead atoms. The zero-order valence-electron chi connectivity index (χ0n) is 11.6. The lowest BCUT2D eigenvalue weighted by molar-refractivity contribution is 0.0549. The molecule has 20 heavy (non-hydrogen) atoms. The molecule has 0 unspecified atom stereocenters. The van der Waals surface area contributed by atoms with Crippen LogP contribution in [0.4, 0.5) is 4.39 Å². The summed E-state index contributed by atoms with van der Waals surface area (Å²) in [5.41, 5.74) is 0.517. The van der Waals surface area contributed by atoms with Crippen LogP contribution in [0.25, 0.3) is 0 Å². The summed E-state index contributed by atoms with van der Waals surface area (Å²) < 4.78 is 18.9. The molecule has 2 rings (SSSR count). The van der Waals surface area contributed by atoms with Crippen LogP contribution in [0.1, 0.15) is 28.8 Å². The summed E-state index contributed by atoms with van der Waals surface area (Å²) in [4.78, 5) is 12.9. The van der Waals surface area contributed by atoms with E-state index in [1.165, 1.54) is 12.1 Å². The van der Waals surface area contributed by atoms with Crippen molar-refractivity contribution in [2.75, 3.05) is 26.8 Å². The maximum atomic E-state index is 13.6. The molecule has 0 aromatic heterocycles. The monoisotopic (exact) mass is 281 g/mol. The van der Waals surface area contributed by atoms with Crippen LogP contribution < -0.4 is 0 Å². The van der Waals surface area contributed by atoms with Crippen LogP contribution in [0.3, 0.4) is 0 Å². The molecule has 0 atom stereocenters. The molecule has 1 aliphatic heterocycles. The standard InChI is InChI=1S/C15H20FNO3/c1-17(9-11-4-6-20-7-5-11)10-12-2-3-13(15(18)19)14(16)8-12/h2-3,8,11H,4-7,9-10H2,1H3,(H,18,19). The van der Waals surface area contributed by atoms with E-state index in [2.05, 4.69) is 4.90 Å². The first-order valence-electron chi connectivity index (χ1n) is 6.84. The molecule has 1 aliphatic rings. The van der Waals surface area contributed by atoms with Gasteiger partial charge >= 0.3 is 5.97 Å². The van der Waals surface area contributed by atoms with E-state index in [-0.39, 0.29) is 5.56 Å². The van der Waals surface area contributed by atoms with Crippen LogP contribution in [0, 0.1) is 11.7 Å². The molecule has 0 amide bonds. The fraction of sp³-hybridized carbons (Fsp3) is 0.533. The molecule has 1 saturated heterocycles. The van der Waals surface area contributed by atoms with Gasteiger partial charge in [-0.2, -0.15) is 0 Å². The maximum Gasteiger partial charge on any atom is 0.338 e. The van der Waals surface area contributed by atoms with Crippen LogP contribution in [0.5, 0.6) is 0 Å². The lowest BCUT2D eigenvalue weighted by Gasteiger charge is -2.27. The van der Waals surface area contributed by atoms with E-state index < -0.39 is 11.8 Å². The van der Waals surface area contributed by atoms with E-state index in [0.717, 1.165) is 38.2 Å². The SMILES string of the molecule is CN(Cc1ccc(C(=O)O)c(F)c1)CC1CCOCC1. The van der Waals surface area contributed by atoms with E-state index in [0.29, 0.717) is 12.5 Å². The highest BCUT2D eigenvalue weighted by molar-refractivity contribution is 5.87. The zero-order valence-corrected chi connectivity index (χ0v) is 11.6. The predicted molar refractivity (Wildman–Crippen MR) is 73.2 cm³/mol. The minimum absolute atomic E-state index is 0.277. The highest BCUT2D eigenvalue weighted by Crippen LogP contribution is 2.17. The minimum atomic E-state index is -1.23. The fourth-order valence-corrected chi connectivity index (χ4v) is 2.58. The molecule has 1 aromatic rings. The summed E-state index contributed by atoms with van der Waals surface area (Å²) in [5, 5.41) is 8.79. The van der Waals surface area contributed by atoms with Crippen molar-refractivity contribution in [3.8, 4) is 0 Å². The fourth-order valence-electron chi connectivity index (χ4n) is 2.58. The van der Waals surface area contributed by atoms with Gasteiger partial charge in [-0.25, -0.2) is 9.18 Å². The van der Waals surface area contributed by atoms with Crippen molar-refractivity contribution in [3.63, 3.8) is 0 Å². The van der Waals surface area contributed by atoms with Gasteiger partial charge in [0.05, 0.1) is 5.56 Å². The number of rotatable bonds is 5. The highest BCUT2D eigenvalue weighted by atomic mass is 19.1. The first-order valence-corrected chi connectivity index (χ1v) is 6.84. The third-order valence-electron chi connectivity index (χ3n) is 3.63. The molecule has 1 aromatic carbocycles. The van der Waals surface area contributed by atoms with Crippen molar-refractivity contribution >= 4 is 5.97 Å². The van der Waals surface area contributed by atoms with Crippen molar-refractivity contribution < 1.29 is 19.0 Å². The molecule has 0 aliphatic carbocycles. The highest BCUT2D eigenvalue weighted by Gasteiger charge is 2.16. The number of carbonyl (C=O) groups is 1.